The van der Waals surface area contributed by atoms with Crippen LogP contribution in [0.5, 0.6) is 5.75 Å². The van der Waals surface area contributed by atoms with E-state index in [-0.39, 0.29) is 30.5 Å². The fourth-order valence-electron chi connectivity index (χ4n) is 5.09. The number of para-hydroxylation sites is 1. The molecule has 1 saturated carbocycles. The number of pyridine rings is 1. The quantitative estimate of drug-likeness (QED) is 0.384. The van der Waals surface area contributed by atoms with Gasteiger partial charge >= 0.3 is 6.09 Å². The largest absolute Gasteiger partial charge is 0.494 e. The van der Waals surface area contributed by atoms with Gasteiger partial charge in [-0.25, -0.2) is 14.8 Å². The van der Waals surface area contributed by atoms with Gasteiger partial charge in [0.2, 0.25) is 5.91 Å². The van der Waals surface area contributed by atoms with Crippen molar-refractivity contribution in [1.29, 1.82) is 0 Å². The van der Waals surface area contributed by atoms with Gasteiger partial charge in [-0.15, -0.1) is 23.1 Å². The zero-order valence-corrected chi connectivity index (χ0v) is 24.2. The third-order valence-electron chi connectivity index (χ3n) is 6.99. The molecule has 1 aliphatic heterocycles. The summed E-state index contributed by atoms with van der Waals surface area (Å²) in [6, 6.07) is 9.57. The molecule has 11 heteroatoms. The molecule has 0 bridgehead atoms. The Morgan fingerprint density at radius 3 is 2.67 bits per heavy atom. The summed E-state index contributed by atoms with van der Waals surface area (Å²) in [5.74, 6) is 1.58. The normalized spacial score (nSPS) is 20.2. The van der Waals surface area contributed by atoms with E-state index in [0.717, 1.165) is 40.8 Å². The van der Waals surface area contributed by atoms with E-state index in [2.05, 4.69) is 10.3 Å². The predicted octanol–water partition coefficient (Wildman–Crippen LogP) is 5.77. The highest BCUT2D eigenvalue weighted by molar-refractivity contribution is 8.00. The number of nitrogens with zero attached hydrogens (tertiary/aromatic N) is 3. The van der Waals surface area contributed by atoms with E-state index in [9.17, 15) is 14.7 Å². The van der Waals surface area contributed by atoms with Crippen LogP contribution in [0.1, 0.15) is 63.3 Å². The molecular weight excluding hydrogens is 536 g/mol. The smallest absolute Gasteiger partial charge is 0.410 e. The third-order valence-corrected chi connectivity index (χ3v) is 9.13. The van der Waals surface area contributed by atoms with Crippen molar-refractivity contribution in [2.24, 2.45) is 5.92 Å². The van der Waals surface area contributed by atoms with Gasteiger partial charge in [0.1, 0.15) is 33.8 Å². The molecular formula is C28H34N4O5S2. The average Bonchev–Trinajstić information content (AvgIpc) is 3.35. The van der Waals surface area contributed by atoms with Gasteiger partial charge in [0, 0.05) is 6.04 Å². The number of hydrogen-bond donors (Lipinski definition) is 2. The molecule has 0 saturated heterocycles. The fourth-order valence-corrected chi connectivity index (χ4v) is 6.91. The number of amides is 2. The molecule has 208 valence electrons. The number of rotatable bonds is 6. The van der Waals surface area contributed by atoms with Gasteiger partial charge in [-0.1, -0.05) is 6.07 Å². The van der Waals surface area contributed by atoms with E-state index >= 15 is 0 Å². The maximum Gasteiger partial charge on any atom is 0.410 e. The molecule has 0 spiro atoms. The minimum Gasteiger partial charge on any atom is -0.494 e. The van der Waals surface area contributed by atoms with Crippen molar-refractivity contribution in [2.75, 3.05) is 18.2 Å². The molecule has 1 fully saturated rings. The van der Waals surface area contributed by atoms with Gasteiger partial charge in [-0.05, 0) is 76.6 Å². The molecule has 3 aromatic rings. The lowest BCUT2D eigenvalue weighted by Crippen LogP contribution is -2.45. The Hall–Kier alpha value is -2.89. The van der Waals surface area contributed by atoms with Gasteiger partial charge in [-0.3, -0.25) is 9.69 Å². The van der Waals surface area contributed by atoms with Gasteiger partial charge in [0.15, 0.2) is 0 Å². The number of carbonyl (C=O) groups is 2. The Kier molecular flexibility index (Phi) is 8.02. The van der Waals surface area contributed by atoms with Gasteiger partial charge in [0.25, 0.3) is 0 Å². The van der Waals surface area contributed by atoms with Crippen molar-refractivity contribution in [3.8, 4) is 5.75 Å². The number of carbonyl (C=O) groups excluding carboxylic acids is 2. The van der Waals surface area contributed by atoms with Gasteiger partial charge < -0.3 is 19.9 Å². The molecule has 5 rings (SSSR count). The minimum absolute atomic E-state index is 0.0439. The van der Waals surface area contributed by atoms with Crippen LogP contribution < -0.4 is 10.1 Å². The number of benzene rings is 1. The van der Waals surface area contributed by atoms with Gasteiger partial charge in [-0.2, -0.15) is 0 Å². The summed E-state index contributed by atoms with van der Waals surface area (Å²) in [4.78, 5) is 37.2. The summed E-state index contributed by atoms with van der Waals surface area (Å²) < 4.78 is 12.2. The molecule has 1 aliphatic carbocycles. The summed E-state index contributed by atoms with van der Waals surface area (Å²) in [5.41, 5.74) is 0.828. The molecule has 39 heavy (non-hydrogen) atoms. The number of hydrogen-bond acceptors (Lipinski definition) is 9. The number of aliphatic hydroxyl groups is 1. The first-order chi connectivity index (χ1) is 18.6. The number of methoxy groups -OCH3 is 1. The lowest BCUT2D eigenvalue weighted by atomic mass is 9.82. The SMILES string of the molecule is COc1cccc2sc(C(O)C3CCC(N(Cc4ccc5c(n4)NC(=O)CS5)C(=O)OC(C)(C)C)CC3)nc12. The Labute approximate surface area is 236 Å². The zero-order chi connectivity index (χ0) is 27.7. The number of aliphatic hydroxyl groups excluding tert-OH is 1. The standard InChI is InChI=1S/C28H34N4O5S2/c1-28(2,3)37-27(35)32(14-17-10-13-21-25(29-17)30-22(33)15-38-21)18-11-8-16(9-12-18)24(34)26-31-23-19(36-4)6-5-7-20(23)39-26/h5-7,10,13,16,18,24,34H,8-9,11-12,14-15H2,1-4H3,(H,29,30,33). The average molecular weight is 571 g/mol. The van der Waals surface area contributed by atoms with Crippen LogP contribution in [-0.2, 0) is 16.1 Å². The highest BCUT2D eigenvalue weighted by atomic mass is 32.2. The van der Waals surface area contributed by atoms with Crippen LogP contribution in [0, 0.1) is 5.92 Å². The molecule has 3 heterocycles. The monoisotopic (exact) mass is 570 g/mol. The molecule has 1 atom stereocenters. The van der Waals surface area contributed by atoms with Gasteiger partial charge in [0.05, 0.1) is 34.7 Å². The summed E-state index contributed by atoms with van der Waals surface area (Å²) in [5, 5.41) is 14.7. The number of fused-ring (bicyclic) bond motifs is 2. The number of nitrogens with one attached hydrogen (secondary N) is 1. The van der Waals surface area contributed by atoms with Crippen molar-refractivity contribution in [1.82, 2.24) is 14.9 Å². The Balaban J connectivity index is 1.30. The highest BCUT2D eigenvalue weighted by Crippen LogP contribution is 2.40. The van der Waals surface area contributed by atoms with E-state index < -0.39 is 11.7 Å². The first-order valence-corrected chi connectivity index (χ1v) is 14.9. The predicted molar refractivity (Wildman–Crippen MR) is 152 cm³/mol. The van der Waals surface area contributed by atoms with Crippen LogP contribution in [0.25, 0.3) is 10.2 Å². The van der Waals surface area contributed by atoms with Crippen LogP contribution in [0.4, 0.5) is 10.6 Å². The second kappa shape index (κ2) is 11.3. The van der Waals surface area contributed by atoms with E-state index in [4.69, 9.17) is 14.5 Å². The number of ether oxygens (including phenoxy) is 2. The van der Waals surface area contributed by atoms with Crippen molar-refractivity contribution in [3.63, 3.8) is 0 Å². The lowest BCUT2D eigenvalue weighted by molar-refractivity contribution is -0.113. The Morgan fingerprint density at radius 2 is 1.95 bits per heavy atom. The molecule has 0 radical (unpaired) electrons. The maximum absolute atomic E-state index is 13.3. The van der Waals surface area contributed by atoms with E-state index in [1.54, 1.807) is 12.0 Å². The van der Waals surface area contributed by atoms with E-state index in [1.807, 2.05) is 51.1 Å². The summed E-state index contributed by atoms with van der Waals surface area (Å²) in [6.45, 7) is 5.84. The van der Waals surface area contributed by atoms with Crippen molar-refractivity contribution >= 4 is 51.1 Å². The minimum atomic E-state index is -0.675. The summed E-state index contributed by atoms with van der Waals surface area (Å²) in [7, 11) is 1.62. The zero-order valence-electron chi connectivity index (χ0n) is 22.6. The first kappa shape index (κ1) is 27.7. The van der Waals surface area contributed by atoms with Crippen molar-refractivity contribution in [3.05, 3.63) is 41.0 Å². The Bertz CT molecular complexity index is 1360. The Morgan fingerprint density at radius 1 is 1.18 bits per heavy atom. The number of aromatic nitrogens is 2. The fraction of sp³-hybridized carbons (Fsp3) is 0.500. The third kappa shape index (κ3) is 6.31. The van der Waals surface area contributed by atoms with Crippen LogP contribution in [0.3, 0.4) is 0 Å². The van der Waals surface area contributed by atoms with Crippen LogP contribution in [0.2, 0.25) is 0 Å². The molecule has 2 aliphatic rings. The number of thioether (sulfide) groups is 1. The second-order valence-corrected chi connectivity index (χ2v) is 13.0. The second-order valence-electron chi connectivity index (χ2n) is 11.0. The molecule has 2 aromatic heterocycles. The van der Waals surface area contributed by atoms with Crippen LogP contribution >= 0.6 is 23.1 Å². The molecule has 1 aromatic carbocycles. The van der Waals surface area contributed by atoms with Crippen LogP contribution in [0.15, 0.2) is 35.2 Å². The molecule has 1 unspecified atom stereocenters. The first-order valence-electron chi connectivity index (χ1n) is 13.1. The molecule has 2 N–H and O–H groups in total. The van der Waals surface area contributed by atoms with Crippen molar-refractivity contribution < 1.29 is 24.2 Å². The van der Waals surface area contributed by atoms with E-state index in [1.165, 1.54) is 23.1 Å². The highest BCUT2D eigenvalue weighted by Gasteiger charge is 2.35. The molecule has 2 amide bonds. The summed E-state index contributed by atoms with van der Waals surface area (Å²) >= 11 is 2.95. The molecule has 9 nitrogen and oxygen atoms in total. The maximum atomic E-state index is 13.3. The summed E-state index contributed by atoms with van der Waals surface area (Å²) in [6.07, 6.45) is 1.90. The van der Waals surface area contributed by atoms with Crippen LogP contribution in [-0.4, -0.2) is 56.5 Å². The van der Waals surface area contributed by atoms with E-state index in [0.29, 0.717) is 28.0 Å². The number of anilines is 1. The topological polar surface area (TPSA) is 114 Å². The van der Waals surface area contributed by atoms with Crippen molar-refractivity contribution in [2.45, 2.75) is 75.6 Å². The lowest BCUT2D eigenvalue weighted by Gasteiger charge is -2.38. The number of thiazole rings is 1.